The SMILES string of the molecule is COc1ccc(C)cc1NC(=O)C[C@@H]1CCCCN1S(=O)(=O)c1ccc(Cl)cc1. The van der Waals surface area contributed by atoms with Crippen molar-refractivity contribution < 1.29 is 17.9 Å². The number of amides is 1. The van der Waals surface area contributed by atoms with E-state index in [9.17, 15) is 13.2 Å². The topological polar surface area (TPSA) is 75.7 Å². The molecule has 1 heterocycles. The Hall–Kier alpha value is -2.09. The number of anilines is 1. The number of piperidine rings is 1. The number of carbonyl (C=O) groups excluding carboxylic acids is 1. The molecule has 6 nitrogen and oxygen atoms in total. The Labute approximate surface area is 176 Å². The summed E-state index contributed by atoms with van der Waals surface area (Å²) in [6.07, 6.45) is 2.39. The van der Waals surface area contributed by atoms with Crippen molar-refractivity contribution in [1.29, 1.82) is 0 Å². The number of nitrogens with one attached hydrogen (secondary N) is 1. The molecule has 156 valence electrons. The molecule has 29 heavy (non-hydrogen) atoms. The van der Waals surface area contributed by atoms with Gasteiger partial charge in [0.2, 0.25) is 15.9 Å². The molecule has 1 saturated heterocycles. The monoisotopic (exact) mass is 436 g/mol. The Bertz CT molecular complexity index is 977. The Morgan fingerprint density at radius 3 is 2.62 bits per heavy atom. The zero-order valence-electron chi connectivity index (χ0n) is 16.5. The van der Waals surface area contributed by atoms with E-state index in [1.54, 1.807) is 25.3 Å². The Morgan fingerprint density at radius 2 is 1.93 bits per heavy atom. The fourth-order valence-electron chi connectivity index (χ4n) is 3.57. The van der Waals surface area contributed by atoms with Gasteiger partial charge in [0.25, 0.3) is 0 Å². The maximum Gasteiger partial charge on any atom is 0.243 e. The molecule has 0 spiro atoms. The fraction of sp³-hybridized carbons (Fsp3) is 0.381. The number of ether oxygens (including phenoxy) is 1. The van der Waals surface area contributed by atoms with E-state index in [0.29, 0.717) is 29.4 Å². The van der Waals surface area contributed by atoms with Crippen LogP contribution >= 0.6 is 11.6 Å². The van der Waals surface area contributed by atoms with Gasteiger partial charge in [-0.15, -0.1) is 0 Å². The fourth-order valence-corrected chi connectivity index (χ4v) is 5.39. The van der Waals surface area contributed by atoms with Crippen molar-refractivity contribution in [2.75, 3.05) is 19.0 Å². The Kier molecular flexibility index (Phi) is 6.82. The normalized spacial score (nSPS) is 17.7. The second-order valence-electron chi connectivity index (χ2n) is 7.18. The molecule has 0 radical (unpaired) electrons. The summed E-state index contributed by atoms with van der Waals surface area (Å²) < 4.78 is 33.0. The smallest absolute Gasteiger partial charge is 0.243 e. The summed E-state index contributed by atoms with van der Waals surface area (Å²) in [5.74, 6) is 0.329. The molecule has 3 rings (SSSR count). The van der Waals surface area contributed by atoms with Gasteiger partial charge in [0, 0.05) is 24.0 Å². The largest absolute Gasteiger partial charge is 0.495 e. The Balaban J connectivity index is 1.77. The molecule has 0 unspecified atom stereocenters. The molecule has 2 aromatic rings. The molecule has 8 heteroatoms. The zero-order valence-corrected chi connectivity index (χ0v) is 18.1. The van der Waals surface area contributed by atoms with E-state index in [0.717, 1.165) is 18.4 Å². The second kappa shape index (κ2) is 9.15. The number of halogens is 1. The predicted molar refractivity (Wildman–Crippen MR) is 114 cm³/mol. The predicted octanol–water partition coefficient (Wildman–Crippen LogP) is 4.23. The molecule has 1 aliphatic rings. The molecular weight excluding hydrogens is 412 g/mol. The van der Waals surface area contributed by atoms with E-state index >= 15 is 0 Å². The first-order valence-corrected chi connectivity index (χ1v) is 11.3. The van der Waals surface area contributed by atoms with Gasteiger partial charge in [0.15, 0.2) is 0 Å². The molecule has 2 aromatic carbocycles. The third-order valence-electron chi connectivity index (χ3n) is 5.04. The van der Waals surface area contributed by atoms with Crippen molar-refractivity contribution >= 4 is 33.2 Å². The van der Waals surface area contributed by atoms with E-state index in [4.69, 9.17) is 16.3 Å². The number of benzene rings is 2. The van der Waals surface area contributed by atoms with Crippen LogP contribution in [0.25, 0.3) is 0 Å². The van der Waals surface area contributed by atoms with Gasteiger partial charge in [-0.2, -0.15) is 4.31 Å². The number of nitrogens with zero attached hydrogens (tertiary/aromatic N) is 1. The van der Waals surface area contributed by atoms with Gasteiger partial charge in [-0.05, 0) is 61.7 Å². The molecule has 0 saturated carbocycles. The molecule has 1 aliphatic heterocycles. The summed E-state index contributed by atoms with van der Waals surface area (Å²) in [5, 5.41) is 3.34. The van der Waals surface area contributed by atoms with E-state index in [1.807, 2.05) is 19.1 Å². The summed E-state index contributed by atoms with van der Waals surface area (Å²) in [6, 6.07) is 11.3. The van der Waals surface area contributed by atoms with Crippen LogP contribution in [0, 0.1) is 6.92 Å². The van der Waals surface area contributed by atoms with Crippen LogP contribution in [0.1, 0.15) is 31.2 Å². The van der Waals surface area contributed by atoms with Gasteiger partial charge in [0.1, 0.15) is 5.75 Å². The second-order valence-corrected chi connectivity index (χ2v) is 9.50. The van der Waals surface area contributed by atoms with Crippen molar-refractivity contribution in [1.82, 2.24) is 4.31 Å². The Morgan fingerprint density at radius 1 is 1.21 bits per heavy atom. The lowest BCUT2D eigenvalue weighted by molar-refractivity contribution is -0.117. The average molecular weight is 437 g/mol. The van der Waals surface area contributed by atoms with Crippen LogP contribution in [0.15, 0.2) is 47.4 Å². The molecule has 1 fully saturated rings. The number of carbonyl (C=O) groups is 1. The van der Waals surface area contributed by atoms with Gasteiger partial charge in [-0.3, -0.25) is 4.79 Å². The highest BCUT2D eigenvalue weighted by Gasteiger charge is 2.34. The van der Waals surface area contributed by atoms with Gasteiger partial charge in [-0.1, -0.05) is 24.1 Å². The van der Waals surface area contributed by atoms with Crippen molar-refractivity contribution in [3.05, 3.63) is 53.1 Å². The zero-order chi connectivity index (χ0) is 21.0. The summed E-state index contributed by atoms with van der Waals surface area (Å²) in [4.78, 5) is 12.9. The van der Waals surface area contributed by atoms with E-state index < -0.39 is 10.0 Å². The van der Waals surface area contributed by atoms with Crippen LogP contribution in [0.4, 0.5) is 5.69 Å². The minimum absolute atomic E-state index is 0.0872. The van der Waals surface area contributed by atoms with Crippen LogP contribution in [0.2, 0.25) is 5.02 Å². The van der Waals surface area contributed by atoms with Gasteiger partial charge in [0.05, 0.1) is 17.7 Å². The molecule has 1 atom stereocenters. The quantitative estimate of drug-likeness (QED) is 0.735. The first-order valence-electron chi connectivity index (χ1n) is 9.53. The minimum Gasteiger partial charge on any atom is -0.495 e. The summed E-state index contributed by atoms with van der Waals surface area (Å²) >= 11 is 5.89. The van der Waals surface area contributed by atoms with E-state index in [-0.39, 0.29) is 23.3 Å². The third kappa shape index (κ3) is 5.10. The van der Waals surface area contributed by atoms with E-state index in [2.05, 4.69) is 5.32 Å². The lowest BCUT2D eigenvalue weighted by atomic mass is 10.0. The van der Waals surface area contributed by atoms with Gasteiger partial charge >= 0.3 is 0 Å². The molecule has 0 aromatic heterocycles. The number of hydrogen-bond donors (Lipinski definition) is 1. The molecule has 0 aliphatic carbocycles. The first-order chi connectivity index (χ1) is 13.8. The summed E-state index contributed by atoms with van der Waals surface area (Å²) in [6.45, 7) is 2.33. The van der Waals surface area contributed by atoms with Crippen LogP contribution in [-0.2, 0) is 14.8 Å². The minimum atomic E-state index is -3.70. The van der Waals surface area contributed by atoms with Crippen molar-refractivity contribution in [2.24, 2.45) is 0 Å². The summed E-state index contributed by atoms with van der Waals surface area (Å²) in [5.41, 5.74) is 1.58. The van der Waals surface area contributed by atoms with Crippen LogP contribution in [0.3, 0.4) is 0 Å². The van der Waals surface area contributed by atoms with Crippen LogP contribution in [-0.4, -0.2) is 38.3 Å². The van der Waals surface area contributed by atoms with Gasteiger partial charge in [-0.25, -0.2) is 8.42 Å². The highest BCUT2D eigenvalue weighted by atomic mass is 35.5. The number of sulfonamides is 1. The highest BCUT2D eigenvalue weighted by Crippen LogP contribution is 2.29. The first kappa shape index (κ1) is 21.6. The highest BCUT2D eigenvalue weighted by molar-refractivity contribution is 7.89. The van der Waals surface area contributed by atoms with Crippen LogP contribution in [0.5, 0.6) is 5.75 Å². The average Bonchev–Trinajstić information content (AvgIpc) is 2.69. The lowest BCUT2D eigenvalue weighted by Gasteiger charge is -2.34. The van der Waals surface area contributed by atoms with Crippen LogP contribution < -0.4 is 10.1 Å². The number of aryl methyl sites for hydroxylation is 1. The van der Waals surface area contributed by atoms with Crippen molar-refractivity contribution in [2.45, 2.75) is 43.5 Å². The molecular formula is C21H25ClN2O4S. The number of hydrogen-bond acceptors (Lipinski definition) is 4. The van der Waals surface area contributed by atoms with E-state index in [1.165, 1.54) is 16.4 Å². The number of methoxy groups -OCH3 is 1. The number of rotatable bonds is 6. The summed E-state index contributed by atoms with van der Waals surface area (Å²) in [7, 11) is -2.15. The van der Waals surface area contributed by atoms with Crippen molar-refractivity contribution in [3.8, 4) is 5.75 Å². The molecule has 0 bridgehead atoms. The lowest BCUT2D eigenvalue weighted by Crippen LogP contribution is -2.45. The van der Waals surface area contributed by atoms with Gasteiger partial charge < -0.3 is 10.1 Å². The molecule has 1 N–H and O–H groups in total. The molecule has 1 amide bonds. The maximum atomic E-state index is 13.1. The standard InChI is InChI=1S/C21H25ClN2O4S/c1-15-6-11-20(28-2)19(13-15)23-21(25)14-17-5-3-4-12-24(17)29(26,27)18-9-7-16(22)8-10-18/h6-11,13,17H,3-5,12,14H2,1-2H3,(H,23,25)/t17-/m0/s1. The van der Waals surface area contributed by atoms with Crippen molar-refractivity contribution in [3.63, 3.8) is 0 Å². The third-order valence-corrected chi connectivity index (χ3v) is 7.26. The maximum absolute atomic E-state index is 13.1.